The molecule has 0 bridgehead atoms. The standard InChI is InChI=1S/C23H31N3O4S/c1-19-6-3-4-7-22(19)30-17-5-8-23(27)24-18-20-9-11-21(12-10-20)31(28,29)26-15-13-25(2)14-16-26/h3-4,6-7,9-12H,5,8,13-18H2,1-2H3,(H,24,27). The van der Waals surface area contributed by atoms with E-state index < -0.39 is 10.0 Å². The zero-order chi connectivity index (χ0) is 22.3. The lowest BCUT2D eigenvalue weighted by Crippen LogP contribution is -2.47. The van der Waals surface area contributed by atoms with Gasteiger partial charge in [0.05, 0.1) is 11.5 Å². The summed E-state index contributed by atoms with van der Waals surface area (Å²) in [4.78, 5) is 14.5. The predicted molar refractivity (Wildman–Crippen MR) is 120 cm³/mol. The average Bonchev–Trinajstić information content (AvgIpc) is 2.77. The lowest BCUT2D eigenvalue weighted by molar-refractivity contribution is -0.121. The molecule has 168 valence electrons. The maximum absolute atomic E-state index is 12.8. The molecule has 1 fully saturated rings. The molecule has 31 heavy (non-hydrogen) atoms. The smallest absolute Gasteiger partial charge is 0.243 e. The third kappa shape index (κ3) is 6.53. The van der Waals surface area contributed by atoms with Crippen molar-refractivity contribution in [3.63, 3.8) is 0 Å². The number of rotatable bonds is 9. The van der Waals surface area contributed by atoms with Crippen LogP contribution in [0.25, 0.3) is 0 Å². The fourth-order valence-electron chi connectivity index (χ4n) is 3.38. The summed E-state index contributed by atoms with van der Waals surface area (Å²) in [6.07, 6.45) is 1.00. The molecule has 0 saturated carbocycles. The normalized spacial score (nSPS) is 15.5. The number of hydrogen-bond acceptors (Lipinski definition) is 5. The highest BCUT2D eigenvalue weighted by Crippen LogP contribution is 2.18. The van der Waals surface area contributed by atoms with Crippen molar-refractivity contribution in [2.24, 2.45) is 0 Å². The van der Waals surface area contributed by atoms with Crippen LogP contribution < -0.4 is 10.1 Å². The maximum Gasteiger partial charge on any atom is 0.243 e. The summed E-state index contributed by atoms with van der Waals surface area (Å²) < 4.78 is 32.8. The molecule has 1 N–H and O–H groups in total. The minimum atomic E-state index is -3.47. The molecule has 2 aromatic carbocycles. The first-order chi connectivity index (χ1) is 14.9. The highest BCUT2D eigenvalue weighted by Gasteiger charge is 2.27. The molecule has 3 rings (SSSR count). The van der Waals surface area contributed by atoms with Gasteiger partial charge >= 0.3 is 0 Å². The van der Waals surface area contributed by atoms with Gasteiger partial charge in [-0.15, -0.1) is 0 Å². The number of aryl methyl sites for hydroxylation is 1. The second-order valence-electron chi connectivity index (χ2n) is 7.85. The molecule has 7 nitrogen and oxygen atoms in total. The molecule has 1 saturated heterocycles. The number of ether oxygens (including phenoxy) is 1. The van der Waals surface area contributed by atoms with Crippen molar-refractivity contribution in [2.45, 2.75) is 31.2 Å². The largest absolute Gasteiger partial charge is 0.493 e. The maximum atomic E-state index is 12.8. The Morgan fingerprint density at radius 3 is 2.39 bits per heavy atom. The number of hydrogen-bond donors (Lipinski definition) is 1. The minimum absolute atomic E-state index is 0.0532. The van der Waals surface area contributed by atoms with Gasteiger partial charge in [-0.2, -0.15) is 4.31 Å². The van der Waals surface area contributed by atoms with Crippen LogP contribution in [-0.4, -0.2) is 63.4 Å². The lowest BCUT2D eigenvalue weighted by Gasteiger charge is -2.31. The molecule has 1 aliphatic heterocycles. The van der Waals surface area contributed by atoms with Gasteiger partial charge < -0.3 is 15.0 Å². The predicted octanol–water partition coefficient (Wildman–Crippen LogP) is 2.41. The number of carbonyl (C=O) groups is 1. The summed E-state index contributed by atoms with van der Waals surface area (Å²) >= 11 is 0. The zero-order valence-corrected chi connectivity index (χ0v) is 19.0. The lowest BCUT2D eigenvalue weighted by atomic mass is 10.2. The first-order valence-electron chi connectivity index (χ1n) is 10.6. The summed E-state index contributed by atoms with van der Waals surface area (Å²) in [5.74, 6) is 0.789. The van der Waals surface area contributed by atoms with Crippen molar-refractivity contribution < 1.29 is 17.9 Å². The quantitative estimate of drug-likeness (QED) is 0.600. The molecule has 0 atom stereocenters. The SMILES string of the molecule is Cc1ccccc1OCCCC(=O)NCc1ccc(S(=O)(=O)N2CCN(C)CC2)cc1. The van der Waals surface area contributed by atoms with Crippen molar-refractivity contribution in [1.82, 2.24) is 14.5 Å². The molecule has 0 aromatic heterocycles. The number of piperazine rings is 1. The molecule has 8 heteroatoms. The van der Waals surface area contributed by atoms with Gasteiger partial charge in [0, 0.05) is 39.1 Å². The van der Waals surface area contributed by atoms with Crippen LogP contribution >= 0.6 is 0 Å². The van der Waals surface area contributed by atoms with Gasteiger partial charge in [-0.25, -0.2) is 8.42 Å². The van der Waals surface area contributed by atoms with Crippen LogP contribution in [0.1, 0.15) is 24.0 Å². The van der Waals surface area contributed by atoms with Crippen LogP contribution in [0.5, 0.6) is 5.75 Å². The summed E-state index contributed by atoms with van der Waals surface area (Å²) in [6.45, 7) is 5.32. The van der Waals surface area contributed by atoms with Crippen molar-refractivity contribution in [3.05, 3.63) is 59.7 Å². The van der Waals surface area contributed by atoms with Crippen LogP contribution in [0.4, 0.5) is 0 Å². The average molecular weight is 446 g/mol. The third-order valence-corrected chi connectivity index (χ3v) is 7.33. The van der Waals surface area contributed by atoms with E-state index in [0.29, 0.717) is 44.0 Å². The van der Waals surface area contributed by atoms with Gasteiger partial charge in [0.25, 0.3) is 0 Å². The van der Waals surface area contributed by atoms with Crippen molar-refractivity contribution in [3.8, 4) is 5.75 Å². The second kappa shape index (κ2) is 10.7. The molecule has 0 radical (unpaired) electrons. The first-order valence-corrected chi connectivity index (χ1v) is 12.0. The van der Waals surface area contributed by atoms with Crippen molar-refractivity contribution in [1.29, 1.82) is 0 Å². The van der Waals surface area contributed by atoms with Gasteiger partial charge in [-0.05, 0) is 49.7 Å². The first kappa shape index (κ1) is 23.2. The third-order valence-electron chi connectivity index (χ3n) is 5.41. The van der Waals surface area contributed by atoms with E-state index in [0.717, 1.165) is 30.0 Å². The molecule has 1 aliphatic rings. The molecule has 1 amide bonds. The molecule has 0 spiro atoms. The van der Waals surface area contributed by atoms with Gasteiger partial charge in [0.1, 0.15) is 5.75 Å². The Morgan fingerprint density at radius 1 is 1.03 bits per heavy atom. The van der Waals surface area contributed by atoms with E-state index in [1.807, 2.05) is 38.2 Å². The number of likely N-dealkylation sites (N-methyl/N-ethyl adjacent to an activating group) is 1. The Kier molecular flexibility index (Phi) is 8.06. The van der Waals surface area contributed by atoms with E-state index in [1.165, 1.54) is 4.31 Å². The second-order valence-corrected chi connectivity index (χ2v) is 9.78. The summed E-state index contributed by atoms with van der Waals surface area (Å²) in [5, 5.41) is 2.88. The Morgan fingerprint density at radius 2 is 1.71 bits per heavy atom. The number of nitrogens with one attached hydrogen (secondary N) is 1. The molecular weight excluding hydrogens is 414 g/mol. The molecular formula is C23H31N3O4S. The Balaban J connectivity index is 1.41. The van der Waals surface area contributed by atoms with Gasteiger partial charge in [0.2, 0.25) is 15.9 Å². The van der Waals surface area contributed by atoms with Crippen LogP contribution in [0.3, 0.4) is 0 Å². The monoisotopic (exact) mass is 445 g/mol. The molecule has 2 aromatic rings. The number of amides is 1. The van der Waals surface area contributed by atoms with E-state index in [-0.39, 0.29) is 5.91 Å². The van der Waals surface area contributed by atoms with Gasteiger partial charge in [-0.3, -0.25) is 4.79 Å². The molecule has 0 aliphatic carbocycles. The van der Waals surface area contributed by atoms with E-state index in [4.69, 9.17) is 4.74 Å². The van der Waals surface area contributed by atoms with Crippen molar-refractivity contribution >= 4 is 15.9 Å². The highest BCUT2D eigenvalue weighted by molar-refractivity contribution is 7.89. The summed E-state index contributed by atoms with van der Waals surface area (Å²) in [7, 11) is -1.48. The van der Waals surface area contributed by atoms with Crippen LogP contribution in [-0.2, 0) is 21.4 Å². The highest BCUT2D eigenvalue weighted by atomic mass is 32.2. The van der Waals surface area contributed by atoms with Gasteiger partial charge in [-0.1, -0.05) is 30.3 Å². The summed E-state index contributed by atoms with van der Waals surface area (Å²) in [6, 6.07) is 14.5. The van der Waals surface area contributed by atoms with Crippen molar-refractivity contribution in [2.75, 3.05) is 39.8 Å². The Bertz CT molecular complexity index is 969. The zero-order valence-electron chi connectivity index (χ0n) is 18.2. The molecule has 0 unspecified atom stereocenters. The Labute approximate surface area is 185 Å². The number of sulfonamides is 1. The minimum Gasteiger partial charge on any atom is -0.493 e. The van der Waals surface area contributed by atoms with E-state index in [1.54, 1.807) is 24.3 Å². The number of nitrogens with zero attached hydrogens (tertiary/aromatic N) is 2. The van der Waals surface area contributed by atoms with Crippen LogP contribution in [0.15, 0.2) is 53.4 Å². The van der Waals surface area contributed by atoms with E-state index in [2.05, 4.69) is 10.2 Å². The van der Waals surface area contributed by atoms with E-state index in [9.17, 15) is 13.2 Å². The van der Waals surface area contributed by atoms with E-state index >= 15 is 0 Å². The molecule has 1 heterocycles. The summed E-state index contributed by atoms with van der Waals surface area (Å²) in [5.41, 5.74) is 1.94. The fourth-order valence-corrected chi connectivity index (χ4v) is 4.80. The number of benzene rings is 2. The number of carbonyl (C=O) groups excluding carboxylic acids is 1. The topological polar surface area (TPSA) is 78.9 Å². The van der Waals surface area contributed by atoms with Crippen LogP contribution in [0, 0.1) is 6.92 Å². The number of para-hydroxylation sites is 1. The van der Waals surface area contributed by atoms with Crippen LogP contribution in [0.2, 0.25) is 0 Å². The fraction of sp³-hybridized carbons (Fsp3) is 0.435. The van der Waals surface area contributed by atoms with Gasteiger partial charge in [0.15, 0.2) is 0 Å². The Hall–Kier alpha value is -2.42.